The molecule has 6 nitrogen and oxygen atoms in total. The van der Waals surface area contributed by atoms with Gasteiger partial charge in [-0.2, -0.15) is 26.3 Å². The van der Waals surface area contributed by atoms with E-state index < -0.39 is 35.6 Å². The fourth-order valence-corrected chi connectivity index (χ4v) is 4.21. The summed E-state index contributed by atoms with van der Waals surface area (Å²) in [6.45, 7) is 0.0158. The molecule has 0 fully saturated rings. The van der Waals surface area contributed by atoms with Crippen molar-refractivity contribution in [3.63, 3.8) is 0 Å². The topological polar surface area (TPSA) is 79.8 Å². The normalized spacial score (nSPS) is 13.7. The Kier molecular flexibility index (Phi) is 7.60. The van der Waals surface area contributed by atoms with Gasteiger partial charge in [0.1, 0.15) is 0 Å². The van der Waals surface area contributed by atoms with Gasteiger partial charge in [0.05, 0.1) is 40.5 Å². The summed E-state index contributed by atoms with van der Waals surface area (Å²) in [5.74, 6) is -1.05. The van der Waals surface area contributed by atoms with Gasteiger partial charge in [-0.05, 0) is 53.9 Å². The number of aliphatic hydroxyl groups excluding tert-OH is 1. The third-order valence-corrected chi connectivity index (χ3v) is 6.24. The van der Waals surface area contributed by atoms with Gasteiger partial charge in [-0.15, -0.1) is 0 Å². The highest BCUT2D eigenvalue weighted by Crippen LogP contribution is 2.33. The van der Waals surface area contributed by atoms with Crippen LogP contribution in [-0.2, 0) is 30.7 Å². The first-order valence-electron chi connectivity index (χ1n) is 11.7. The molecule has 3 aromatic carbocycles. The third-order valence-electron chi connectivity index (χ3n) is 6.24. The van der Waals surface area contributed by atoms with Gasteiger partial charge in [0, 0.05) is 13.5 Å². The number of carboxylic acids is 1. The Morgan fingerprint density at radius 3 is 2.15 bits per heavy atom. The number of alkyl halides is 6. The average Bonchev–Trinajstić information content (AvgIpc) is 3.12. The molecule has 0 aliphatic rings. The molecule has 1 unspecified atom stereocenters. The van der Waals surface area contributed by atoms with Crippen LogP contribution in [0.5, 0.6) is 0 Å². The van der Waals surface area contributed by atoms with Gasteiger partial charge < -0.3 is 19.3 Å². The molecule has 0 radical (unpaired) electrons. The number of imidazole rings is 1. The lowest BCUT2D eigenvalue weighted by Crippen LogP contribution is -2.24. The van der Waals surface area contributed by atoms with Gasteiger partial charge >= 0.3 is 18.3 Å². The summed E-state index contributed by atoms with van der Waals surface area (Å²) in [5.41, 5.74) is -0.0808. The van der Waals surface area contributed by atoms with Crippen molar-refractivity contribution < 1.29 is 41.4 Å². The van der Waals surface area contributed by atoms with Crippen LogP contribution in [0, 0.1) is 0 Å². The third kappa shape index (κ3) is 6.33. The smallest absolute Gasteiger partial charge is 0.416 e. The minimum Gasteiger partial charge on any atom is -0.481 e. The molecule has 2 N–H and O–H groups in total. The molecule has 0 amide bonds. The maximum Gasteiger partial charge on any atom is 0.416 e. The highest BCUT2D eigenvalue weighted by Gasteiger charge is 2.32. The molecule has 1 atom stereocenters. The summed E-state index contributed by atoms with van der Waals surface area (Å²) >= 11 is 0. The number of hydrogen-bond acceptors (Lipinski definition) is 3. The lowest BCUT2D eigenvalue weighted by molar-refractivity contribution is -0.138. The second kappa shape index (κ2) is 10.6. The minimum atomic E-state index is -4.62. The van der Waals surface area contributed by atoms with Gasteiger partial charge in [0.2, 0.25) is 5.62 Å². The number of carboxylic acid groups (broad SMARTS) is 1. The first-order chi connectivity index (χ1) is 18.2. The van der Waals surface area contributed by atoms with Crippen molar-refractivity contribution >= 4 is 22.7 Å². The van der Waals surface area contributed by atoms with E-state index in [1.807, 2.05) is 0 Å². The fraction of sp³-hybridized carbons (Fsp3) is 0.259. The van der Waals surface area contributed by atoms with Crippen LogP contribution in [0.1, 0.15) is 41.2 Å². The van der Waals surface area contributed by atoms with E-state index in [4.69, 9.17) is 5.11 Å². The molecular formula is C27H23F6N3O3. The molecule has 0 saturated carbocycles. The van der Waals surface area contributed by atoms with Crippen molar-refractivity contribution in [2.45, 2.75) is 37.8 Å². The van der Waals surface area contributed by atoms with Crippen LogP contribution in [0.25, 0.3) is 11.0 Å². The molecule has 0 bridgehead atoms. The van der Waals surface area contributed by atoms with Crippen molar-refractivity contribution in [2.75, 3.05) is 0 Å². The average molecular weight is 551 g/mol. The number of nitrogens with zero attached hydrogens (tertiary/aromatic N) is 3. The highest BCUT2D eigenvalue weighted by atomic mass is 19.4. The number of fused-ring (bicyclic) bond motifs is 1. The Morgan fingerprint density at radius 1 is 0.897 bits per heavy atom. The summed E-state index contributed by atoms with van der Waals surface area (Å²) < 4.78 is 83.3. The molecule has 4 aromatic rings. The van der Waals surface area contributed by atoms with Crippen molar-refractivity contribution in [3.8, 4) is 0 Å². The Morgan fingerprint density at radius 2 is 1.54 bits per heavy atom. The standard InChI is InChI=1S/C27H23F6N3O3/c1-35-21-10-9-19(27(31,32)33)14-22(21)36(25(35)34-20-4-2-3-18(13-20)26(28,29)30)15-16-5-7-17(8-6-16)23(37)11-12-24(38)39/h2-10,13-14,23,37H,11-12,15H2,1H3,(H,38,39)/b34-25-. The van der Waals surface area contributed by atoms with Gasteiger partial charge in [-0.1, -0.05) is 30.3 Å². The SMILES string of the molecule is Cn1/c(=N/c2cccc(C(F)(F)F)c2)n(Cc2ccc(C(O)CCC(=O)O)cc2)c2cc(C(F)(F)F)ccc21. The Labute approximate surface area is 218 Å². The van der Waals surface area contributed by atoms with Gasteiger partial charge in [-0.25, -0.2) is 4.99 Å². The number of aliphatic hydroxyl groups is 1. The zero-order valence-corrected chi connectivity index (χ0v) is 20.5. The molecule has 12 heteroatoms. The van der Waals surface area contributed by atoms with E-state index in [0.29, 0.717) is 16.6 Å². The minimum absolute atomic E-state index is 0.00693. The fourth-order valence-electron chi connectivity index (χ4n) is 4.21. The van der Waals surface area contributed by atoms with E-state index in [1.54, 1.807) is 31.3 Å². The predicted molar refractivity (Wildman–Crippen MR) is 130 cm³/mol. The summed E-state index contributed by atoms with van der Waals surface area (Å²) in [6, 6.07) is 13.9. The van der Waals surface area contributed by atoms with Crippen LogP contribution in [0.15, 0.2) is 71.7 Å². The quantitative estimate of drug-likeness (QED) is 0.269. The van der Waals surface area contributed by atoms with Crippen LogP contribution >= 0.6 is 0 Å². The molecule has 0 saturated heterocycles. The molecule has 0 aliphatic carbocycles. The van der Waals surface area contributed by atoms with Crippen LogP contribution in [0.2, 0.25) is 0 Å². The number of carbonyl (C=O) groups is 1. The summed E-state index contributed by atoms with van der Waals surface area (Å²) in [4.78, 5) is 15.1. The van der Waals surface area contributed by atoms with Crippen LogP contribution in [-0.4, -0.2) is 25.3 Å². The molecule has 1 heterocycles. The predicted octanol–water partition coefficient (Wildman–Crippen LogP) is 6.20. The summed E-state index contributed by atoms with van der Waals surface area (Å²) in [6.07, 6.45) is -10.4. The molecule has 0 aliphatic heterocycles. The Balaban J connectivity index is 1.83. The zero-order valence-electron chi connectivity index (χ0n) is 20.5. The first-order valence-corrected chi connectivity index (χ1v) is 11.7. The van der Waals surface area contributed by atoms with Crippen molar-refractivity contribution in [2.24, 2.45) is 12.0 Å². The Hall–Kier alpha value is -4.06. The van der Waals surface area contributed by atoms with Crippen molar-refractivity contribution in [1.29, 1.82) is 0 Å². The van der Waals surface area contributed by atoms with Crippen LogP contribution < -0.4 is 5.62 Å². The maximum atomic E-state index is 13.5. The van der Waals surface area contributed by atoms with Crippen LogP contribution in [0.4, 0.5) is 32.0 Å². The molecule has 39 heavy (non-hydrogen) atoms. The summed E-state index contributed by atoms with van der Waals surface area (Å²) in [5, 5.41) is 19.0. The van der Waals surface area contributed by atoms with E-state index >= 15 is 0 Å². The lowest BCUT2D eigenvalue weighted by atomic mass is 10.0. The van der Waals surface area contributed by atoms with Crippen molar-refractivity contribution in [3.05, 3.63) is 94.6 Å². The molecular weight excluding hydrogens is 528 g/mol. The lowest BCUT2D eigenvalue weighted by Gasteiger charge is -2.12. The number of aryl methyl sites for hydroxylation is 1. The highest BCUT2D eigenvalue weighted by molar-refractivity contribution is 5.77. The number of rotatable bonds is 7. The molecule has 4 rings (SSSR count). The Bertz CT molecular complexity index is 1570. The zero-order chi connectivity index (χ0) is 28.5. The van der Waals surface area contributed by atoms with E-state index in [0.717, 1.165) is 24.3 Å². The number of aromatic nitrogens is 2. The number of benzene rings is 3. The molecule has 1 aromatic heterocycles. The van der Waals surface area contributed by atoms with Crippen molar-refractivity contribution in [1.82, 2.24) is 9.13 Å². The summed E-state index contributed by atoms with van der Waals surface area (Å²) in [7, 11) is 1.56. The second-order valence-corrected chi connectivity index (χ2v) is 9.00. The monoisotopic (exact) mass is 551 g/mol. The molecule has 206 valence electrons. The number of halogens is 6. The molecule has 0 spiro atoms. The second-order valence-electron chi connectivity index (χ2n) is 9.00. The van der Waals surface area contributed by atoms with Gasteiger partial charge in [0.15, 0.2) is 0 Å². The first kappa shape index (κ1) is 28.0. The van der Waals surface area contributed by atoms with Gasteiger partial charge in [-0.3, -0.25) is 4.79 Å². The maximum absolute atomic E-state index is 13.5. The van der Waals surface area contributed by atoms with Gasteiger partial charge in [0.25, 0.3) is 0 Å². The number of hydrogen-bond donors (Lipinski definition) is 2. The van der Waals surface area contributed by atoms with Crippen LogP contribution in [0.3, 0.4) is 0 Å². The van der Waals surface area contributed by atoms with E-state index in [-0.39, 0.29) is 36.2 Å². The largest absolute Gasteiger partial charge is 0.481 e. The van der Waals surface area contributed by atoms with E-state index in [1.165, 1.54) is 27.3 Å². The van der Waals surface area contributed by atoms with E-state index in [9.17, 15) is 36.2 Å². The van der Waals surface area contributed by atoms with E-state index in [2.05, 4.69) is 4.99 Å². The number of aliphatic carboxylic acids is 1.